The van der Waals surface area contributed by atoms with Crippen LogP contribution in [-0.4, -0.2) is 31.2 Å². The molecule has 0 aliphatic carbocycles. The highest BCUT2D eigenvalue weighted by Gasteiger charge is 2.09. The van der Waals surface area contributed by atoms with Gasteiger partial charge in [-0.3, -0.25) is 9.59 Å². The highest BCUT2D eigenvalue weighted by atomic mass is 32.2. The Morgan fingerprint density at radius 3 is 2.11 bits per heavy atom. The van der Waals surface area contributed by atoms with Crippen molar-refractivity contribution >= 4 is 27.6 Å². The molecular weight excluding hydrogens is 368 g/mol. The van der Waals surface area contributed by atoms with Gasteiger partial charge in [-0.2, -0.15) is 0 Å². The summed E-state index contributed by atoms with van der Waals surface area (Å²) < 4.78 is 25.4. The summed E-state index contributed by atoms with van der Waals surface area (Å²) in [7, 11) is -3.26. The number of aryl methyl sites for hydroxylation is 1. The molecule has 0 aliphatic rings. The summed E-state index contributed by atoms with van der Waals surface area (Å²) in [6.45, 7) is 1.74. The van der Waals surface area contributed by atoms with Crippen LogP contribution < -0.4 is 10.0 Å². The minimum Gasteiger partial charge on any atom is -0.481 e. The average Bonchev–Trinajstić information content (AvgIpc) is 2.66. The van der Waals surface area contributed by atoms with E-state index in [0.29, 0.717) is 17.7 Å². The lowest BCUT2D eigenvalue weighted by Crippen LogP contribution is -2.24. The van der Waals surface area contributed by atoms with Gasteiger partial charge in [0.25, 0.3) is 5.91 Å². The molecule has 0 aromatic heterocycles. The highest BCUT2D eigenvalue weighted by Crippen LogP contribution is 2.13. The molecule has 3 N–H and O–H groups in total. The Balaban J connectivity index is 1.92. The molecule has 0 unspecified atom stereocenters. The third-order valence-electron chi connectivity index (χ3n) is 3.93. The SMILES string of the molecule is CCS(=O)(=O)NCc1ccc(C(=O)Nc2ccc(CCC(=O)O)cc2)cc1. The number of carboxylic acids is 1. The predicted molar refractivity (Wildman–Crippen MR) is 103 cm³/mol. The first-order valence-corrected chi connectivity index (χ1v) is 10.1. The van der Waals surface area contributed by atoms with Crippen LogP contribution in [0.1, 0.15) is 34.8 Å². The Hall–Kier alpha value is -2.71. The molecule has 2 aromatic rings. The smallest absolute Gasteiger partial charge is 0.303 e. The zero-order chi connectivity index (χ0) is 19.9. The van der Waals surface area contributed by atoms with Gasteiger partial charge >= 0.3 is 5.97 Å². The molecule has 0 radical (unpaired) electrons. The van der Waals surface area contributed by atoms with Gasteiger partial charge in [0, 0.05) is 24.2 Å². The largest absolute Gasteiger partial charge is 0.481 e. The number of amides is 1. The summed E-state index contributed by atoms with van der Waals surface area (Å²) in [6, 6.07) is 13.7. The first-order chi connectivity index (χ1) is 12.8. The standard InChI is InChI=1S/C19H22N2O5S/c1-2-27(25,26)20-13-15-3-8-16(9-4-15)19(24)21-17-10-5-14(6-11-17)7-12-18(22)23/h3-6,8-11,20H,2,7,12-13H2,1H3,(H,21,24)(H,22,23). The van der Waals surface area contributed by atoms with E-state index >= 15 is 0 Å². The molecule has 0 saturated heterocycles. The van der Waals surface area contributed by atoms with Crippen molar-refractivity contribution < 1.29 is 23.1 Å². The molecule has 0 spiro atoms. The van der Waals surface area contributed by atoms with Gasteiger partial charge in [-0.05, 0) is 48.7 Å². The Kier molecular flexibility index (Phi) is 7.09. The number of carbonyl (C=O) groups is 2. The summed E-state index contributed by atoms with van der Waals surface area (Å²) in [5.74, 6) is -1.12. The van der Waals surface area contributed by atoms with E-state index in [4.69, 9.17) is 5.11 Å². The van der Waals surface area contributed by atoms with Crippen LogP contribution in [0.15, 0.2) is 48.5 Å². The second-order valence-corrected chi connectivity index (χ2v) is 8.06. The Morgan fingerprint density at radius 2 is 1.56 bits per heavy atom. The van der Waals surface area contributed by atoms with E-state index in [1.807, 2.05) is 0 Å². The van der Waals surface area contributed by atoms with Crippen molar-refractivity contribution in [2.75, 3.05) is 11.1 Å². The maximum absolute atomic E-state index is 12.3. The Morgan fingerprint density at radius 1 is 0.963 bits per heavy atom. The summed E-state index contributed by atoms with van der Waals surface area (Å²) in [4.78, 5) is 22.9. The van der Waals surface area contributed by atoms with Crippen molar-refractivity contribution in [3.63, 3.8) is 0 Å². The Bertz CT molecular complexity index is 891. The maximum Gasteiger partial charge on any atom is 0.303 e. The zero-order valence-corrected chi connectivity index (χ0v) is 15.8. The van der Waals surface area contributed by atoms with Gasteiger partial charge in [0.1, 0.15) is 0 Å². The van der Waals surface area contributed by atoms with E-state index in [0.717, 1.165) is 11.1 Å². The number of rotatable bonds is 9. The lowest BCUT2D eigenvalue weighted by Gasteiger charge is -2.08. The van der Waals surface area contributed by atoms with E-state index in [1.165, 1.54) is 0 Å². The molecular formula is C19H22N2O5S. The number of aliphatic carboxylic acids is 1. The van der Waals surface area contributed by atoms with Crippen molar-refractivity contribution in [1.29, 1.82) is 0 Å². The van der Waals surface area contributed by atoms with Crippen LogP contribution in [0.2, 0.25) is 0 Å². The van der Waals surface area contributed by atoms with Crippen molar-refractivity contribution in [2.24, 2.45) is 0 Å². The van der Waals surface area contributed by atoms with E-state index in [1.54, 1.807) is 55.5 Å². The zero-order valence-electron chi connectivity index (χ0n) is 14.9. The van der Waals surface area contributed by atoms with E-state index in [-0.39, 0.29) is 24.6 Å². The van der Waals surface area contributed by atoms with Gasteiger partial charge in [-0.25, -0.2) is 13.1 Å². The molecule has 27 heavy (non-hydrogen) atoms. The third kappa shape index (κ3) is 6.84. The summed E-state index contributed by atoms with van der Waals surface area (Å²) in [5.41, 5.74) is 2.70. The molecule has 8 heteroatoms. The predicted octanol–water partition coefficient (Wildman–Crippen LogP) is 2.40. The second kappa shape index (κ2) is 9.29. The van der Waals surface area contributed by atoms with Crippen LogP contribution in [-0.2, 0) is 27.8 Å². The van der Waals surface area contributed by atoms with Gasteiger partial charge < -0.3 is 10.4 Å². The van der Waals surface area contributed by atoms with Crippen molar-refractivity contribution in [3.8, 4) is 0 Å². The van der Waals surface area contributed by atoms with Crippen LogP contribution in [0, 0.1) is 0 Å². The molecule has 2 aromatic carbocycles. The van der Waals surface area contributed by atoms with Gasteiger partial charge in [-0.1, -0.05) is 24.3 Å². The number of benzene rings is 2. The van der Waals surface area contributed by atoms with Gasteiger partial charge in [0.2, 0.25) is 10.0 Å². The fraction of sp³-hybridized carbons (Fsp3) is 0.263. The van der Waals surface area contributed by atoms with E-state index in [9.17, 15) is 18.0 Å². The normalized spacial score (nSPS) is 11.1. The molecule has 7 nitrogen and oxygen atoms in total. The fourth-order valence-electron chi connectivity index (χ4n) is 2.28. The second-order valence-electron chi connectivity index (χ2n) is 5.97. The number of carboxylic acid groups (broad SMARTS) is 1. The van der Waals surface area contributed by atoms with Crippen LogP contribution in [0.3, 0.4) is 0 Å². The molecule has 1 amide bonds. The van der Waals surface area contributed by atoms with Crippen LogP contribution >= 0.6 is 0 Å². The van der Waals surface area contributed by atoms with Crippen molar-refractivity contribution in [2.45, 2.75) is 26.3 Å². The van der Waals surface area contributed by atoms with Crippen LogP contribution in [0.5, 0.6) is 0 Å². The molecule has 144 valence electrons. The number of nitrogens with one attached hydrogen (secondary N) is 2. The number of sulfonamides is 1. The summed E-state index contributed by atoms with van der Waals surface area (Å²) >= 11 is 0. The van der Waals surface area contributed by atoms with Gasteiger partial charge in [0.15, 0.2) is 0 Å². The number of anilines is 1. The number of hydrogen-bond acceptors (Lipinski definition) is 4. The minimum absolute atomic E-state index is 0.0165. The maximum atomic E-state index is 12.3. The molecule has 2 rings (SSSR count). The third-order valence-corrected chi connectivity index (χ3v) is 5.28. The summed E-state index contributed by atoms with van der Waals surface area (Å²) in [6.07, 6.45) is 0.499. The Labute approximate surface area is 158 Å². The first-order valence-electron chi connectivity index (χ1n) is 8.47. The van der Waals surface area contributed by atoms with Crippen LogP contribution in [0.25, 0.3) is 0 Å². The molecule has 0 aliphatic heterocycles. The molecule has 0 bridgehead atoms. The lowest BCUT2D eigenvalue weighted by atomic mass is 10.1. The average molecular weight is 390 g/mol. The first kappa shape index (κ1) is 20.6. The molecule has 0 fully saturated rings. The highest BCUT2D eigenvalue weighted by molar-refractivity contribution is 7.89. The van der Waals surface area contributed by atoms with E-state index in [2.05, 4.69) is 10.0 Å². The lowest BCUT2D eigenvalue weighted by molar-refractivity contribution is -0.136. The number of hydrogen-bond donors (Lipinski definition) is 3. The van der Waals surface area contributed by atoms with Gasteiger partial charge in [-0.15, -0.1) is 0 Å². The molecule has 0 heterocycles. The summed E-state index contributed by atoms with van der Waals surface area (Å²) in [5, 5.41) is 11.5. The molecule has 0 atom stereocenters. The monoisotopic (exact) mass is 390 g/mol. The fourth-order valence-corrected chi connectivity index (χ4v) is 2.87. The van der Waals surface area contributed by atoms with E-state index < -0.39 is 16.0 Å². The van der Waals surface area contributed by atoms with Crippen molar-refractivity contribution in [3.05, 3.63) is 65.2 Å². The van der Waals surface area contributed by atoms with Crippen LogP contribution in [0.4, 0.5) is 5.69 Å². The molecule has 0 saturated carbocycles. The van der Waals surface area contributed by atoms with Gasteiger partial charge in [0.05, 0.1) is 5.75 Å². The number of carbonyl (C=O) groups excluding carboxylic acids is 1. The van der Waals surface area contributed by atoms with Crippen molar-refractivity contribution in [1.82, 2.24) is 4.72 Å². The quantitative estimate of drug-likeness (QED) is 0.609. The topological polar surface area (TPSA) is 113 Å². The minimum atomic E-state index is -3.26.